The highest BCUT2D eigenvalue weighted by molar-refractivity contribution is 7.89. The summed E-state index contributed by atoms with van der Waals surface area (Å²) in [4.78, 5) is 0.131. The summed E-state index contributed by atoms with van der Waals surface area (Å²) >= 11 is 0. The number of benzene rings is 3. The van der Waals surface area contributed by atoms with E-state index in [4.69, 9.17) is 0 Å². The second kappa shape index (κ2) is 7.39. The predicted molar refractivity (Wildman–Crippen MR) is 106 cm³/mol. The Kier molecular flexibility index (Phi) is 4.93. The first kappa shape index (κ1) is 18.7. The molecule has 0 radical (unpaired) electrons. The molecule has 0 spiro atoms. The molecule has 0 unspecified atom stereocenters. The molecule has 28 heavy (non-hydrogen) atoms. The van der Waals surface area contributed by atoms with Gasteiger partial charge in [0, 0.05) is 12.1 Å². The van der Waals surface area contributed by atoms with Crippen molar-refractivity contribution in [1.82, 2.24) is 4.31 Å². The summed E-state index contributed by atoms with van der Waals surface area (Å²) in [6, 6.07) is 21.9. The van der Waals surface area contributed by atoms with Crippen LogP contribution < -0.4 is 0 Å². The quantitative estimate of drug-likeness (QED) is 0.711. The fourth-order valence-electron chi connectivity index (χ4n) is 3.72. The summed E-state index contributed by atoms with van der Waals surface area (Å²) < 4.78 is 28.1. The van der Waals surface area contributed by atoms with Crippen LogP contribution in [-0.2, 0) is 23.0 Å². The number of rotatable bonds is 4. The number of fused-ring (bicyclic) bond motifs is 1. The van der Waals surface area contributed by atoms with Crippen LogP contribution in [0.2, 0.25) is 0 Å². The molecule has 0 aromatic heterocycles. The van der Waals surface area contributed by atoms with E-state index in [1.165, 1.54) is 10.4 Å². The second-order valence-corrected chi connectivity index (χ2v) is 8.78. The van der Waals surface area contributed by atoms with Crippen LogP contribution in [0.4, 0.5) is 0 Å². The summed E-state index contributed by atoms with van der Waals surface area (Å²) in [6.45, 7) is 0.146. The molecule has 4 rings (SSSR count). The summed E-state index contributed by atoms with van der Waals surface area (Å²) in [5, 5.41) is 21.2. The van der Waals surface area contributed by atoms with Gasteiger partial charge in [0.1, 0.15) is 5.75 Å². The van der Waals surface area contributed by atoms with Crippen LogP contribution >= 0.6 is 0 Å². The van der Waals surface area contributed by atoms with Crippen LogP contribution in [-0.4, -0.2) is 29.0 Å². The third-order valence-electron chi connectivity index (χ3n) is 5.16. The zero-order valence-electron chi connectivity index (χ0n) is 15.1. The van der Waals surface area contributed by atoms with E-state index in [9.17, 15) is 18.6 Å². The Bertz CT molecular complexity index is 1080. The minimum atomic E-state index is -3.80. The maximum atomic E-state index is 13.4. The molecule has 1 aliphatic heterocycles. The lowest BCUT2D eigenvalue weighted by Crippen LogP contribution is -2.48. The summed E-state index contributed by atoms with van der Waals surface area (Å²) in [5.41, 5.74) is 1.83. The second-order valence-electron chi connectivity index (χ2n) is 6.92. The van der Waals surface area contributed by atoms with Gasteiger partial charge in [0.25, 0.3) is 0 Å². The lowest BCUT2D eigenvalue weighted by Gasteiger charge is -2.39. The Balaban J connectivity index is 1.81. The van der Waals surface area contributed by atoms with Crippen molar-refractivity contribution in [2.24, 2.45) is 0 Å². The number of hydrogen-bond acceptors (Lipinski definition) is 4. The van der Waals surface area contributed by atoms with Gasteiger partial charge in [-0.3, -0.25) is 0 Å². The number of nitrogens with zero attached hydrogens (tertiary/aromatic N) is 1. The van der Waals surface area contributed by atoms with Crippen LogP contribution in [0, 0.1) is 0 Å². The zero-order valence-corrected chi connectivity index (χ0v) is 16.0. The van der Waals surface area contributed by atoms with Crippen LogP contribution in [0.3, 0.4) is 0 Å². The lowest BCUT2D eigenvalue weighted by molar-refractivity contribution is 0.0766. The van der Waals surface area contributed by atoms with Gasteiger partial charge in [0.2, 0.25) is 10.0 Å². The lowest BCUT2D eigenvalue weighted by atomic mass is 9.95. The van der Waals surface area contributed by atoms with Crippen LogP contribution in [0.15, 0.2) is 83.8 Å². The molecule has 0 fully saturated rings. The molecule has 0 saturated carbocycles. The standard InChI is InChI=1S/C22H21NO4S/c24-20-12-6-4-10-17(20)14-19-22(25)18-11-5-7-13-21(18)28(26,27)23(19)15-16-8-2-1-3-9-16/h1-13,19,22,24-25H,14-15H2/t19-,22-/m1/s1. The third-order valence-corrected chi connectivity index (χ3v) is 7.11. The maximum absolute atomic E-state index is 13.4. The Labute approximate surface area is 164 Å². The number of aliphatic hydroxyl groups is 1. The molecule has 6 heteroatoms. The first-order chi connectivity index (χ1) is 13.5. The summed E-state index contributed by atoms with van der Waals surface area (Å²) in [5.74, 6) is 0.0885. The van der Waals surface area contributed by atoms with Crippen molar-refractivity contribution in [1.29, 1.82) is 0 Å². The minimum absolute atomic E-state index is 0.0885. The van der Waals surface area contributed by atoms with E-state index in [2.05, 4.69) is 0 Å². The van der Waals surface area contributed by atoms with Gasteiger partial charge in [0.05, 0.1) is 17.0 Å². The monoisotopic (exact) mass is 395 g/mol. The van der Waals surface area contributed by atoms with E-state index >= 15 is 0 Å². The Morgan fingerprint density at radius 1 is 0.857 bits per heavy atom. The number of aromatic hydroxyl groups is 1. The first-order valence-electron chi connectivity index (χ1n) is 9.08. The average Bonchev–Trinajstić information content (AvgIpc) is 2.71. The normalized spacial score (nSPS) is 21.2. The highest BCUT2D eigenvalue weighted by atomic mass is 32.2. The van der Waals surface area contributed by atoms with Gasteiger partial charge in [-0.1, -0.05) is 66.7 Å². The number of phenolic OH excluding ortho intramolecular Hbond substituents is 1. The third kappa shape index (κ3) is 3.30. The summed E-state index contributed by atoms with van der Waals surface area (Å²) in [7, 11) is -3.80. The number of sulfonamides is 1. The first-order valence-corrected chi connectivity index (χ1v) is 10.5. The van der Waals surface area contributed by atoms with Crippen molar-refractivity contribution in [3.05, 3.63) is 95.6 Å². The van der Waals surface area contributed by atoms with Crippen molar-refractivity contribution in [3.8, 4) is 5.75 Å². The number of phenols is 1. The van der Waals surface area contributed by atoms with Crippen LogP contribution in [0.5, 0.6) is 5.75 Å². The fourth-order valence-corrected chi connectivity index (χ4v) is 5.57. The smallest absolute Gasteiger partial charge is 0.244 e. The van der Waals surface area contributed by atoms with Gasteiger partial charge in [-0.15, -0.1) is 0 Å². The topological polar surface area (TPSA) is 77.8 Å². The minimum Gasteiger partial charge on any atom is -0.508 e. The Hall–Kier alpha value is -2.67. The highest BCUT2D eigenvalue weighted by Crippen LogP contribution is 2.39. The van der Waals surface area contributed by atoms with E-state index < -0.39 is 22.2 Å². The molecular formula is C22H21NO4S. The molecule has 2 atom stereocenters. The van der Waals surface area contributed by atoms with E-state index in [0.717, 1.165) is 5.56 Å². The maximum Gasteiger partial charge on any atom is 0.244 e. The molecule has 0 bridgehead atoms. The summed E-state index contributed by atoms with van der Waals surface area (Å²) in [6.07, 6.45) is -0.795. The molecular weight excluding hydrogens is 374 g/mol. The number of aliphatic hydroxyl groups excluding tert-OH is 1. The van der Waals surface area contributed by atoms with Gasteiger partial charge in [-0.25, -0.2) is 8.42 Å². The average molecular weight is 395 g/mol. The van der Waals surface area contributed by atoms with E-state index in [1.54, 1.807) is 42.5 Å². The largest absolute Gasteiger partial charge is 0.508 e. The molecule has 0 aliphatic carbocycles. The molecule has 3 aromatic carbocycles. The van der Waals surface area contributed by atoms with Gasteiger partial charge in [-0.05, 0) is 29.7 Å². The molecule has 0 amide bonds. The Morgan fingerprint density at radius 2 is 1.50 bits per heavy atom. The number of hydrogen-bond donors (Lipinski definition) is 2. The van der Waals surface area contributed by atoms with Gasteiger partial charge in [0.15, 0.2) is 0 Å². The van der Waals surface area contributed by atoms with E-state index in [-0.39, 0.29) is 23.6 Å². The highest BCUT2D eigenvalue weighted by Gasteiger charge is 2.43. The molecule has 5 nitrogen and oxygen atoms in total. The van der Waals surface area contributed by atoms with Crippen molar-refractivity contribution >= 4 is 10.0 Å². The SMILES string of the molecule is O=S1(=O)c2ccccc2[C@@H](O)[C@@H](Cc2ccccc2O)N1Cc1ccccc1. The van der Waals surface area contributed by atoms with Crippen LogP contribution in [0.1, 0.15) is 22.8 Å². The zero-order chi connectivity index (χ0) is 19.7. The van der Waals surface area contributed by atoms with Crippen molar-refractivity contribution < 1.29 is 18.6 Å². The van der Waals surface area contributed by atoms with Gasteiger partial charge in [-0.2, -0.15) is 4.31 Å². The van der Waals surface area contributed by atoms with E-state index in [0.29, 0.717) is 11.1 Å². The Morgan fingerprint density at radius 3 is 2.25 bits per heavy atom. The molecule has 2 N–H and O–H groups in total. The van der Waals surface area contributed by atoms with Crippen molar-refractivity contribution in [3.63, 3.8) is 0 Å². The number of para-hydroxylation sites is 1. The molecule has 1 heterocycles. The molecule has 1 aliphatic rings. The van der Waals surface area contributed by atoms with E-state index in [1.807, 2.05) is 30.3 Å². The van der Waals surface area contributed by atoms with Crippen LogP contribution in [0.25, 0.3) is 0 Å². The molecule has 3 aromatic rings. The molecule has 0 saturated heterocycles. The van der Waals surface area contributed by atoms with Crippen molar-refractivity contribution in [2.75, 3.05) is 0 Å². The molecule has 144 valence electrons. The van der Waals surface area contributed by atoms with Crippen molar-refractivity contribution in [2.45, 2.75) is 30.0 Å². The van der Waals surface area contributed by atoms with Gasteiger partial charge >= 0.3 is 0 Å². The predicted octanol–water partition coefficient (Wildman–Crippen LogP) is 3.24. The van der Waals surface area contributed by atoms with Gasteiger partial charge < -0.3 is 10.2 Å². The fraction of sp³-hybridized carbons (Fsp3) is 0.182.